The Balaban J connectivity index is 2.13. The molecule has 24 heavy (non-hydrogen) atoms. The summed E-state index contributed by atoms with van der Waals surface area (Å²) < 4.78 is 1.83. The molecule has 1 fully saturated rings. The summed E-state index contributed by atoms with van der Waals surface area (Å²) in [7, 11) is 1.90. The maximum Gasteiger partial charge on any atom is 0.251 e. The summed E-state index contributed by atoms with van der Waals surface area (Å²) in [6, 6.07) is 6.27. The van der Waals surface area contributed by atoms with Crippen LogP contribution in [0.4, 0.5) is 11.5 Å². The lowest BCUT2D eigenvalue weighted by Gasteiger charge is -2.20. The molecule has 1 amide bonds. The van der Waals surface area contributed by atoms with Crippen molar-refractivity contribution in [1.82, 2.24) is 9.78 Å². The van der Waals surface area contributed by atoms with E-state index in [0.29, 0.717) is 12.4 Å². The Morgan fingerprint density at radius 3 is 2.92 bits per heavy atom. The molecule has 6 nitrogen and oxygen atoms in total. The second-order valence-electron chi connectivity index (χ2n) is 6.06. The van der Waals surface area contributed by atoms with Gasteiger partial charge in [-0.25, -0.2) is 0 Å². The van der Waals surface area contributed by atoms with Crippen LogP contribution in [0.5, 0.6) is 0 Å². The van der Waals surface area contributed by atoms with Crippen LogP contribution in [0.25, 0.3) is 10.9 Å². The van der Waals surface area contributed by atoms with Gasteiger partial charge in [0.25, 0.3) is 5.91 Å². The monoisotopic (exact) mass is 325 g/mol. The van der Waals surface area contributed by atoms with E-state index >= 15 is 0 Å². The van der Waals surface area contributed by atoms with Crippen molar-refractivity contribution in [3.05, 3.63) is 43.5 Å². The van der Waals surface area contributed by atoms with Crippen molar-refractivity contribution < 1.29 is 4.79 Å². The molecule has 0 spiro atoms. The number of nitrogens with zero attached hydrogens (tertiary/aromatic N) is 4. The molecule has 2 heterocycles. The molecule has 3 rings (SSSR count). The molecule has 2 N–H and O–H groups in total. The zero-order chi connectivity index (χ0) is 17.3. The van der Waals surface area contributed by atoms with E-state index in [1.54, 1.807) is 11.0 Å². The molecule has 1 aliphatic rings. The van der Waals surface area contributed by atoms with E-state index in [-0.39, 0.29) is 11.9 Å². The molecule has 0 radical (unpaired) electrons. The van der Waals surface area contributed by atoms with Crippen LogP contribution in [0.15, 0.2) is 43.5 Å². The van der Waals surface area contributed by atoms with Crippen molar-refractivity contribution in [3.63, 3.8) is 0 Å². The molecule has 1 aromatic heterocycles. The summed E-state index contributed by atoms with van der Waals surface area (Å²) in [6.45, 7) is 9.47. The molecule has 0 aliphatic carbocycles. The molecule has 6 heteroatoms. The van der Waals surface area contributed by atoms with E-state index < -0.39 is 0 Å². The minimum absolute atomic E-state index is 0.191. The fraction of sp³-hybridized carbons (Fsp3) is 0.333. The predicted octanol–water partition coefficient (Wildman–Crippen LogP) is 1.82. The molecule has 0 bridgehead atoms. The Labute approximate surface area is 141 Å². The zero-order valence-electron chi connectivity index (χ0n) is 14.0. The maximum atomic E-state index is 12.2. The fourth-order valence-corrected chi connectivity index (χ4v) is 3.28. The average Bonchev–Trinajstić information content (AvgIpc) is 3.16. The number of hydrogen-bond donors (Lipinski definition) is 1. The number of carbonyl (C=O) groups excluding carboxylic acids is 1. The first-order chi connectivity index (χ1) is 11.6. The highest BCUT2D eigenvalue weighted by Crippen LogP contribution is 2.34. The van der Waals surface area contributed by atoms with Crippen molar-refractivity contribution in [3.8, 4) is 0 Å². The Hall–Kier alpha value is -2.60. The Morgan fingerprint density at radius 1 is 1.50 bits per heavy atom. The van der Waals surface area contributed by atoms with Crippen molar-refractivity contribution in [2.24, 2.45) is 12.8 Å². The number of aromatic nitrogens is 2. The summed E-state index contributed by atoms with van der Waals surface area (Å²) in [6.07, 6.45) is 3.97. The van der Waals surface area contributed by atoms with Gasteiger partial charge in [0.1, 0.15) is 0 Å². The summed E-state index contributed by atoms with van der Waals surface area (Å²) >= 11 is 0. The van der Waals surface area contributed by atoms with Gasteiger partial charge in [-0.3, -0.25) is 14.4 Å². The third kappa shape index (κ3) is 2.69. The molecule has 0 saturated carbocycles. The van der Waals surface area contributed by atoms with Crippen molar-refractivity contribution >= 4 is 28.3 Å². The van der Waals surface area contributed by atoms with E-state index in [9.17, 15) is 4.79 Å². The summed E-state index contributed by atoms with van der Waals surface area (Å²) in [5, 5.41) is 5.53. The third-order valence-corrected chi connectivity index (χ3v) is 4.40. The highest BCUT2D eigenvalue weighted by atomic mass is 16.2. The summed E-state index contributed by atoms with van der Waals surface area (Å²) in [5.74, 6) is 0.436. The SMILES string of the molecule is C=CCN(C(=O)C=C)c1nn(C)c2c(N3CC[C@@H](N)C3)cccc12. The lowest BCUT2D eigenvalue weighted by molar-refractivity contribution is -0.114. The van der Waals surface area contributed by atoms with Gasteiger partial charge in [0.15, 0.2) is 5.82 Å². The maximum absolute atomic E-state index is 12.2. The Morgan fingerprint density at radius 2 is 2.29 bits per heavy atom. The van der Waals surface area contributed by atoms with Gasteiger partial charge in [0.2, 0.25) is 0 Å². The van der Waals surface area contributed by atoms with Crippen molar-refractivity contribution in [1.29, 1.82) is 0 Å². The minimum Gasteiger partial charge on any atom is -0.368 e. The number of benzene rings is 1. The number of carbonyl (C=O) groups is 1. The lowest BCUT2D eigenvalue weighted by Crippen LogP contribution is -2.29. The van der Waals surface area contributed by atoms with E-state index in [4.69, 9.17) is 5.73 Å². The first kappa shape index (κ1) is 16.3. The van der Waals surface area contributed by atoms with Gasteiger partial charge >= 0.3 is 0 Å². The smallest absolute Gasteiger partial charge is 0.251 e. The second-order valence-corrected chi connectivity index (χ2v) is 6.06. The van der Waals surface area contributed by atoms with Gasteiger partial charge in [-0.1, -0.05) is 18.7 Å². The van der Waals surface area contributed by atoms with Crippen LogP contribution in [0, 0.1) is 0 Å². The van der Waals surface area contributed by atoms with Crippen LogP contribution >= 0.6 is 0 Å². The molecule has 0 unspecified atom stereocenters. The molecule has 1 atom stereocenters. The summed E-state index contributed by atoms with van der Waals surface area (Å²) in [5.41, 5.74) is 8.17. The van der Waals surface area contributed by atoms with Gasteiger partial charge in [0, 0.05) is 38.1 Å². The normalized spacial score (nSPS) is 17.2. The zero-order valence-corrected chi connectivity index (χ0v) is 14.0. The standard InChI is InChI=1S/C18H23N5O/c1-4-10-23(16(24)5-2)18-14-7-6-8-15(17(14)21(3)20-18)22-11-9-13(19)12-22/h4-8,13H,1-2,9-12,19H2,3H3/t13-/m1/s1. The van der Waals surface area contributed by atoms with E-state index in [1.165, 1.54) is 6.08 Å². The Kier molecular flexibility index (Phi) is 4.40. The van der Waals surface area contributed by atoms with Crippen molar-refractivity contribution in [2.75, 3.05) is 29.4 Å². The topological polar surface area (TPSA) is 67.4 Å². The number of hydrogen-bond acceptors (Lipinski definition) is 4. The first-order valence-electron chi connectivity index (χ1n) is 8.08. The van der Waals surface area contributed by atoms with Crippen molar-refractivity contribution in [2.45, 2.75) is 12.5 Å². The molecular formula is C18H23N5O. The van der Waals surface area contributed by atoms with E-state index in [1.807, 2.05) is 23.9 Å². The van der Waals surface area contributed by atoms with Gasteiger partial charge in [0.05, 0.1) is 11.2 Å². The predicted molar refractivity (Wildman–Crippen MR) is 98.3 cm³/mol. The van der Waals surface area contributed by atoms with Crippen LogP contribution in [0.3, 0.4) is 0 Å². The van der Waals surface area contributed by atoms with Crippen LogP contribution in [-0.2, 0) is 11.8 Å². The van der Waals surface area contributed by atoms with Crippen LogP contribution in [0.1, 0.15) is 6.42 Å². The Bertz CT molecular complexity index is 794. The number of anilines is 2. The minimum atomic E-state index is -0.191. The van der Waals surface area contributed by atoms with E-state index in [0.717, 1.165) is 36.1 Å². The third-order valence-electron chi connectivity index (χ3n) is 4.40. The second kappa shape index (κ2) is 6.49. The number of amides is 1. The van der Waals surface area contributed by atoms with Gasteiger partial charge in [-0.05, 0) is 24.6 Å². The lowest BCUT2D eigenvalue weighted by atomic mass is 10.2. The van der Waals surface area contributed by atoms with Gasteiger partial charge < -0.3 is 10.6 Å². The number of para-hydroxylation sites is 1. The number of rotatable bonds is 5. The number of fused-ring (bicyclic) bond motifs is 1. The first-order valence-corrected chi connectivity index (χ1v) is 8.08. The average molecular weight is 325 g/mol. The number of aryl methyl sites for hydroxylation is 1. The largest absolute Gasteiger partial charge is 0.368 e. The highest BCUT2D eigenvalue weighted by molar-refractivity contribution is 6.08. The molecule has 126 valence electrons. The van der Waals surface area contributed by atoms with Crippen LogP contribution < -0.4 is 15.5 Å². The van der Waals surface area contributed by atoms with Crippen LogP contribution in [-0.4, -0.2) is 41.4 Å². The molecule has 2 aromatic rings. The summed E-state index contributed by atoms with van der Waals surface area (Å²) in [4.78, 5) is 16.1. The quantitative estimate of drug-likeness (QED) is 0.672. The van der Waals surface area contributed by atoms with Gasteiger partial charge in [-0.15, -0.1) is 6.58 Å². The highest BCUT2D eigenvalue weighted by Gasteiger charge is 2.25. The molecule has 1 aromatic carbocycles. The van der Waals surface area contributed by atoms with E-state index in [2.05, 4.69) is 29.2 Å². The molecular weight excluding hydrogens is 302 g/mol. The molecule has 1 saturated heterocycles. The van der Waals surface area contributed by atoms with Gasteiger partial charge in [-0.2, -0.15) is 5.10 Å². The number of nitrogens with two attached hydrogens (primary N) is 1. The van der Waals surface area contributed by atoms with Crippen LogP contribution in [0.2, 0.25) is 0 Å². The molecule has 1 aliphatic heterocycles. The fourth-order valence-electron chi connectivity index (χ4n) is 3.28.